The summed E-state index contributed by atoms with van der Waals surface area (Å²) in [6, 6.07) is 18.3. The zero-order valence-corrected chi connectivity index (χ0v) is 16.8. The fraction of sp³-hybridized carbons (Fsp3) is 0.462. The second kappa shape index (κ2) is 6.72. The molecule has 0 aliphatic heterocycles. The van der Waals surface area contributed by atoms with E-state index in [1.807, 2.05) is 0 Å². The predicted molar refractivity (Wildman–Crippen MR) is 115 cm³/mol. The van der Waals surface area contributed by atoms with Crippen LogP contribution in [0, 0.1) is 11.8 Å². The molecule has 0 heterocycles. The zero-order valence-electron chi connectivity index (χ0n) is 16.8. The third kappa shape index (κ3) is 2.84. The van der Waals surface area contributed by atoms with Gasteiger partial charge in [-0.2, -0.15) is 0 Å². The molecule has 3 aromatic rings. The van der Waals surface area contributed by atoms with E-state index in [1.54, 1.807) is 11.1 Å². The summed E-state index contributed by atoms with van der Waals surface area (Å²) in [5, 5.41) is 5.66. The van der Waals surface area contributed by atoms with Crippen molar-refractivity contribution in [2.75, 3.05) is 0 Å². The molecule has 0 aromatic heterocycles. The normalized spacial score (nSPS) is 20.8. The first-order chi connectivity index (χ1) is 12.5. The largest absolute Gasteiger partial charge is 0.0628 e. The van der Waals surface area contributed by atoms with Gasteiger partial charge in [-0.25, -0.2) is 0 Å². The van der Waals surface area contributed by atoms with Gasteiger partial charge in [-0.15, -0.1) is 0 Å². The minimum absolute atomic E-state index is 0.339. The van der Waals surface area contributed by atoms with E-state index in [0.717, 1.165) is 11.8 Å². The van der Waals surface area contributed by atoms with E-state index in [4.69, 9.17) is 0 Å². The van der Waals surface area contributed by atoms with Gasteiger partial charge in [0.2, 0.25) is 0 Å². The lowest BCUT2D eigenvalue weighted by Gasteiger charge is -2.33. The van der Waals surface area contributed by atoms with Crippen molar-refractivity contribution in [3.8, 4) is 0 Å². The molecule has 0 bridgehead atoms. The van der Waals surface area contributed by atoms with Crippen molar-refractivity contribution < 1.29 is 0 Å². The van der Waals surface area contributed by atoms with Gasteiger partial charge in [-0.1, -0.05) is 89.1 Å². The minimum Gasteiger partial charge on any atom is -0.0628 e. The molecule has 1 unspecified atom stereocenters. The highest BCUT2D eigenvalue weighted by Crippen LogP contribution is 2.48. The van der Waals surface area contributed by atoms with Gasteiger partial charge in [0.25, 0.3) is 0 Å². The molecule has 0 fully saturated rings. The molecule has 1 aliphatic rings. The molecule has 26 heavy (non-hydrogen) atoms. The van der Waals surface area contributed by atoms with Crippen molar-refractivity contribution in [1.82, 2.24) is 0 Å². The molecule has 0 N–H and O–H groups in total. The Kier molecular flexibility index (Phi) is 4.55. The maximum absolute atomic E-state index is 2.52. The molecule has 0 heteroatoms. The highest BCUT2D eigenvalue weighted by molar-refractivity contribution is 6.08. The van der Waals surface area contributed by atoms with E-state index >= 15 is 0 Å². The topological polar surface area (TPSA) is 0 Å². The van der Waals surface area contributed by atoms with E-state index < -0.39 is 0 Å². The van der Waals surface area contributed by atoms with Crippen LogP contribution in [-0.2, 0) is 11.8 Å². The lowest BCUT2D eigenvalue weighted by molar-refractivity contribution is 0.283. The second-order valence-corrected chi connectivity index (χ2v) is 9.12. The van der Waals surface area contributed by atoms with Gasteiger partial charge in [0.1, 0.15) is 0 Å². The quantitative estimate of drug-likeness (QED) is 0.417. The Labute approximate surface area is 158 Å². The molecule has 2 atom stereocenters. The van der Waals surface area contributed by atoms with Gasteiger partial charge in [0.05, 0.1) is 0 Å². The van der Waals surface area contributed by atoms with Gasteiger partial charge in [0, 0.05) is 0 Å². The summed E-state index contributed by atoms with van der Waals surface area (Å²) in [6.45, 7) is 9.69. The van der Waals surface area contributed by atoms with Crippen LogP contribution in [0.1, 0.15) is 64.5 Å². The molecule has 0 nitrogen and oxygen atoms in total. The molecule has 0 saturated carbocycles. The molecule has 0 spiro atoms. The summed E-state index contributed by atoms with van der Waals surface area (Å²) in [4.78, 5) is 0. The SMILES string of the molecule is CC(C)CCC[C@@H](C)C1(C)CCc2c1ccc1c2ccc2ccccc21. The lowest BCUT2D eigenvalue weighted by Crippen LogP contribution is -2.27. The van der Waals surface area contributed by atoms with Crippen LogP contribution in [0.4, 0.5) is 0 Å². The summed E-state index contributed by atoms with van der Waals surface area (Å²) < 4.78 is 0. The Bertz CT molecular complexity index is 933. The lowest BCUT2D eigenvalue weighted by atomic mass is 9.71. The van der Waals surface area contributed by atoms with E-state index in [2.05, 4.69) is 76.2 Å². The third-order valence-electron chi connectivity index (χ3n) is 7.05. The first-order valence-electron chi connectivity index (χ1n) is 10.4. The summed E-state index contributed by atoms with van der Waals surface area (Å²) >= 11 is 0. The van der Waals surface area contributed by atoms with Crippen LogP contribution < -0.4 is 0 Å². The summed E-state index contributed by atoms with van der Waals surface area (Å²) in [5.74, 6) is 1.57. The van der Waals surface area contributed by atoms with Gasteiger partial charge in [-0.3, -0.25) is 0 Å². The molecular weight excluding hydrogens is 312 g/mol. The molecule has 0 radical (unpaired) electrons. The standard InChI is InChI=1S/C26H32/c1-18(2)8-7-9-19(3)26(4)17-16-24-23-13-12-20-10-5-6-11-21(20)22(23)14-15-25(24)26/h5-6,10-15,18-19H,7-9,16-17H2,1-4H3/t19-,26?/m1/s1. The Morgan fingerprint density at radius 3 is 2.42 bits per heavy atom. The van der Waals surface area contributed by atoms with Crippen molar-refractivity contribution in [2.45, 2.75) is 65.2 Å². The second-order valence-electron chi connectivity index (χ2n) is 9.12. The predicted octanol–water partition coefficient (Wildman–Crippen LogP) is 7.66. The van der Waals surface area contributed by atoms with Crippen LogP contribution in [-0.4, -0.2) is 0 Å². The van der Waals surface area contributed by atoms with E-state index in [-0.39, 0.29) is 0 Å². The van der Waals surface area contributed by atoms with Crippen LogP contribution >= 0.6 is 0 Å². The first-order valence-corrected chi connectivity index (χ1v) is 10.4. The average Bonchev–Trinajstić information content (AvgIpc) is 2.99. The first kappa shape index (κ1) is 17.6. The van der Waals surface area contributed by atoms with Crippen LogP contribution in [0.15, 0.2) is 48.5 Å². The zero-order chi connectivity index (χ0) is 18.3. The van der Waals surface area contributed by atoms with Crippen LogP contribution in [0.2, 0.25) is 0 Å². The Morgan fingerprint density at radius 1 is 0.846 bits per heavy atom. The van der Waals surface area contributed by atoms with Gasteiger partial charge in [0.15, 0.2) is 0 Å². The maximum atomic E-state index is 2.52. The van der Waals surface area contributed by atoms with E-state index in [9.17, 15) is 0 Å². The Hall–Kier alpha value is -1.82. The summed E-state index contributed by atoms with van der Waals surface area (Å²) in [6.07, 6.45) is 6.61. The van der Waals surface area contributed by atoms with E-state index in [1.165, 1.54) is 53.6 Å². The minimum atomic E-state index is 0.339. The third-order valence-corrected chi connectivity index (χ3v) is 7.05. The van der Waals surface area contributed by atoms with Crippen LogP contribution in [0.5, 0.6) is 0 Å². The Balaban J connectivity index is 1.73. The monoisotopic (exact) mass is 344 g/mol. The molecule has 3 aromatic carbocycles. The van der Waals surface area contributed by atoms with Crippen molar-refractivity contribution in [3.05, 3.63) is 59.7 Å². The number of aryl methyl sites for hydroxylation is 1. The number of hydrogen-bond donors (Lipinski definition) is 0. The van der Waals surface area contributed by atoms with Crippen LogP contribution in [0.3, 0.4) is 0 Å². The van der Waals surface area contributed by atoms with Gasteiger partial charge in [-0.05, 0) is 69.2 Å². The fourth-order valence-electron chi connectivity index (χ4n) is 5.14. The van der Waals surface area contributed by atoms with Crippen molar-refractivity contribution in [2.24, 2.45) is 11.8 Å². The molecule has 1 aliphatic carbocycles. The van der Waals surface area contributed by atoms with Crippen molar-refractivity contribution in [1.29, 1.82) is 0 Å². The number of benzene rings is 3. The highest BCUT2D eigenvalue weighted by atomic mass is 14.4. The highest BCUT2D eigenvalue weighted by Gasteiger charge is 2.39. The molecule has 0 amide bonds. The van der Waals surface area contributed by atoms with Gasteiger partial charge < -0.3 is 0 Å². The maximum Gasteiger partial charge on any atom is -0.00435 e. The molecular formula is C26H32. The summed E-state index contributed by atoms with van der Waals surface area (Å²) in [7, 11) is 0. The molecule has 4 rings (SSSR count). The average molecular weight is 345 g/mol. The molecule has 136 valence electrons. The number of hydrogen-bond acceptors (Lipinski definition) is 0. The fourth-order valence-corrected chi connectivity index (χ4v) is 5.14. The van der Waals surface area contributed by atoms with Crippen molar-refractivity contribution >= 4 is 21.5 Å². The van der Waals surface area contributed by atoms with E-state index in [0.29, 0.717) is 5.41 Å². The smallest absolute Gasteiger partial charge is 0.00435 e. The summed E-state index contributed by atoms with van der Waals surface area (Å²) in [5.41, 5.74) is 3.58. The number of rotatable bonds is 5. The Morgan fingerprint density at radius 2 is 1.62 bits per heavy atom. The van der Waals surface area contributed by atoms with Gasteiger partial charge >= 0.3 is 0 Å². The van der Waals surface area contributed by atoms with Crippen molar-refractivity contribution in [3.63, 3.8) is 0 Å². The van der Waals surface area contributed by atoms with Crippen LogP contribution in [0.25, 0.3) is 21.5 Å². The molecule has 0 saturated heterocycles. The number of fused-ring (bicyclic) bond motifs is 5.